The van der Waals surface area contributed by atoms with Crippen LogP contribution in [0.2, 0.25) is 0 Å². The molecule has 3 nitrogen and oxygen atoms in total. The van der Waals surface area contributed by atoms with Gasteiger partial charge in [0.25, 0.3) is 0 Å². The first-order chi connectivity index (χ1) is 8.31. The molecule has 90 valence electrons. The number of methoxy groups -OCH3 is 1. The molecule has 1 aromatic rings. The van der Waals surface area contributed by atoms with Crippen molar-refractivity contribution < 1.29 is 9.53 Å². The second-order valence-electron chi connectivity index (χ2n) is 4.14. The number of para-hydroxylation sites is 2. The lowest BCUT2D eigenvalue weighted by atomic mass is 9.94. The molecular weight excluding hydrogens is 214 g/mol. The third kappa shape index (κ3) is 2.87. The van der Waals surface area contributed by atoms with Crippen LogP contribution in [-0.2, 0) is 4.79 Å². The standard InChI is InChI=1S/C14H17NO2/c1-17-14-9-5-3-7-12(14)15-10-11-6-2-4-8-13(11)16/h3,5,7,9-10,15H,2,4,6,8H2,1H3. The minimum Gasteiger partial charge on any atom is -0.495 e. The van der Waals surface area contributed by atoms with Crippen molar-refractivity contribution in [1.29, 1.82) is 0 Å². The maximum Gasteiger partial charge on any atom is 0.160 e. The van der Waals surface area contributed by atoms with Crippen LogP contribution in [0.4, 0.5) is 5.69 Å². The zero-order valence-electron chi connectivity index (χ0n) is 10.0. The average Bonchev–Trinajstić information content (AvgIpc) is 2.38. The first-order valence-corrected chi connectivity index (χ1v) is 5.93. The average molecular weight is 231 g/mol. The fourth-order valence-electron chi connectivity index (χ4n) is 1.98. The lowest BCUT2D eigenvalue weighted by Crippen LogP contribution is -2.10. The predicted octanol–water partition coefficient (Wildman–Crippen LogP) is 3.13. The van der Waals surface area contributed by atoms with Crippen molar-refractivity contribution in [3.63, 3.8) is 0 Å². The smallest absolute Gasteiger partial charge is 0.160 e. The van der Waals surface area contributed by atoms with E-state index >= 15 is 0 Å². The molecule has 0 amide bonds. The maximum absolute atomic E-state index is 11.6. The van der Waals surface area contributed by atoms with E-state index in [1.807, 2.05) is 30.5 Å². The number of ether oxygens (including phenoxy) is 1. The Kier molecular flexibility index (Phi) is 3.81. The minimum atomic E-state index is 0.263. The molecular formula is C14H17NO2. The van der Waals surface area contributed by atoms with Crippen LogP contribution in [0.25, 0.3) is 0 Å². The van der Waals surface area contributed by atoms with E-state index in [1.165, 1.54) is 0 Å². The number of benzene rings is 1. The second-order valence-corrected chi connectivity index (χ2v) is 4.14. The van der Waals surface area contributed by atoms with Gasteiger partial charge in [-0.1, -0.05) is 12.1 Å². The summed E-state index contributed by atoms with van der Waals surface area (Å²) in [5.41, 5.74) is 1.78. The number of allylic oxidation sites excluding steroid dienone is 1. The van der Waals surface area contributed by atoms with E-state index in [1.54, 1.807) is 7.11 Å². The van der Waals surface area contributed by atoms with Crippen LogP contribution in [0, 0.1) is 0 Å². The van der Waals surface area contributed by atoms with Crippen molar-refractivity contribution in [2.75, 3.05) is 12.4 Å². The number of nitrogens with one attached hydrogen (secondary N) is 1. The van der Waals surface area contributed by atoms with E-state index < -0.39 is 0 Å². The highest BCUT2D eigenvalue weighted by atomic mass is 16.5. The highest BCUT2D eigenvalue weighted by Crippen LogP contribution is 2.25. The number of hydrogen-bond donors (Lipinski definition) is 1. The molecule has 1 aromatic carbocycles. The molecule has 0 saturated heterocycles. The first kappa shape index (κ1) is 11.7. The van der Waals surface area contributed by atoms with Gasteiger partial charge in [-0.25, -0.2) is 0 Å². The second kappa shape index (κ2) is 5.53. The molecule has 0 heterocycles. The summed E-state index contributed by atoms with van der Waals surface area (Å²) in [5.74, 6) is 1.05. The molecule has 3 heteroatoms. The number of Topliss-reactive ketones (excluding diaryl/α,β-unsaturated/α-hetero) is 1. The summed E-state index contributed by atoms with van der Waals surface area (Å²) in [6, 6.07) is 7.68. The molecule has 0 spiro atoms. The number of hydrogen-bond acceptors (Lipinski definition) is 3. The van der Waals surface area contributed by atoms with Gasteiger partial charge >= 0.3 is 0 Å². The minimum absolute atomic E-state index is 0.263. The topological polar surface area (TPSA) is 38.3 Å². The van der Waals surface area contributed by atoms with E-state index in [0.29, 0.717) is 6.42 Å². The van der Waals surface area contributed by atoms with E-state index in [2.05, 4.69) is 5.32 Å². The first-order valence-electron chi connectivity index (χ1n) is 5.93. The molecule has 1 aliphatic carbocycles. The zero-order valence-corrected chi connectivity index (χ0v) is 10.0. The van der Waals surface area contributed by atoms with Crippen molar-refractivity contribution in [2.45, 2.75) is 25.7 Å². The normalized spacial score (nSPS) is 18.2. The van der Waals surface area contributed by atoms with E-state index in [9.17, 15) is 4.79 Å². The number of ketones is 1. The Morgan fingerprint density at radius 3 is 2.76 bits per heavy atom. The van der Waals surface area contributed by atoms with Crippen LogP contribution < -0.4 is 10.1 Å². The van der Waals surface area contributed by atoms with Crippen molar-refractivity contribution in [3.05, 3.63) is 36.0 Å². The van der Waals surface area contributed by atoms with Crippen molar-refractivity contribution in [2.24, 2.45) is 0 Å². The van der Waals surface area contributed by atoms with Gasteiger partial charge in [-0.2, -0.15) is 0 Å². The largest absolute Gasteiger partial charge is 0.495 e. The molecule has 17 heavy (non-hydrogen) atoms. The third-order valence-electron chi connectivity index (χ3n) is 2.97. The van der Waals surface area contributed by atoms with Gasteiger partial charge in [-0.15, -0.1) is 0 Å². The van der Waals surface area contributed by atoms with Gasteiger partial charge in [0, 0.05) is 18.2 Å². The molecule has 0 atom stereocenters. The van der Waals surface area contributed by atoms with Gasteiger partial charge in [-0.3, -0.25) is 4.79 Å². The van der Waals surface area contributed by atoms with E-state index in [0.717, 1.165) is 36.3 Å². The Labute approximate surface area is 101 Å². The number of anilines is 1. The summed E-state index contributed by atoms with van der Waals surface area (Å²) in [5, 5.41) is 3.16. The molecule has 1 aliphatic rings. The molecule has 1 saturated carbocycles. The van der Waals surface area contributed by atoms with Crippen LogP contribution in [0.15, 0.2) is 36.0 Å². The summed E-state index contributed by atoms with van der Waals surface area (Å²) >= 11 is 0. The lowest BCUT2D eigenvalue weighted by Gasteiger charge is -2.13. The number of rotatable bonds is 3. The molecule has 2 rings (SSSR count). The highest BCUT2D eigenvalue weighted by Gasteiger charge is 2.14. The van der Waals surface area contributed by atoms with Crippen LogP contribution in [0.3, 0.4) is 0 Å². The molecule has 0 aliphatic heterocycles. The van der Waals surface area contributed by atoms with Crippen LogP contribution in [0.5, 0.6) is 5.75 Å². The maximum atomic E-state index is 11.6. The molecule has 1 fully saturated rings. The monoisotopic (exact) mass is 231 g/mol. The zero-order chi connectivity index (χ0) is 12.1. The van der Waals surface area contributed by atoms with Gasteiger partial charge in [0.05, 0.1) is 12.8 Å². The Morgan fingerprint density at radius 2 is 2.00 bits per heavy atom. The molecule has 0 aromatic heterocycles. The van der Waals surface area contributed by atoms with Gasteiger partial charge in [-0.05, 0) is 31.4 Å². The van der Waals surface area contributed by atoms with Crippen molar-refractivity contribution >= 4 is 11.5 Å². The molecule has 0 bridgehead atoms. The van der Waals surface area contributed by atoms with Gasteiger partial charge in [0.2, 0.25) is 0 Å². The predicted molar refractivity (Wildman–Crippen MR) is 68.2 cm³/mol. The summed E-state index contributed by atoms with van der Waals surface area (Å²) in [6.45, 7) is 0. The van der Waals surface area contributed by atoms with Gasteiger partial charge in [0.1, 0.15) is 5.75 Å². The summed E-state index contributed by atoms with van der Waals surface area (Å²) in [6.07, 6.45) is 5.50. The fraction of sp³-hybridized carbons (Fsp3) is 0.357. The lowest BCUT2D eigenvalue weighted by molar-refractivity contribution is -0.116. The Bertz CT molecular complexity index is 438. The van der Waals surface area contributed by atoms with E-state index in [-0.39, 0.29) is 5.78 Å². The fourth-order valence-corrected chi connectivity index (χ4v) is 1.98. The van der Waals surface area contributed by atoms with Gasteiger partial charge in [0.15, 0.2) is 5.78 Å². The number of carbonyl (C=O) groups is 1. The van der Waals surface area contributed by atoms with Crippen LogP contribution in [0.1, 0.15) is 25.7 Å². The number of carbonyl (C=O) groups excluding carboxylic acids is 1. The Balaban J connectivity index is 2.10. The summed E-state index contributed by atoms with van der Waals surface area (Å²) < 4.78 is 5.24. The third-order valence-corrected chi connectivity index (χ3v) is 2.97. The van der Waals surface area contributed by atoms with E-state index in [4.69, 9.17) is 4.74 Å². The van der Waals surface area contributed by atoms with Gasteiger partial charge < -0.3 is 10.1 Å². The van der Waals surface area contributed by atoms with Crippen molar-refractivity contribution in [3.8, 4) is 5.75 Å². The SMILES string of the molecule is COc1ccccc1NC=C1CCCCC1=O. The highest BCUT2D eigenvalue weighted by molar-refractivity contribution is 5.96. The molecule has 0 radical (unpaired) electrons. The molecule has 1 N–H and O–H groups in total. The summed E-state index contributed by atoms with van der Waals surface area (Å²) in [7, 11) is 1.64. The van der Waals surface area contributed by atoms with Crippen LogP contribution in [-0.4, -0.2) is 12.9 Å². The van der Waals surface area contributed by atoms with Crippen molar-refractivity contribution in [1.82, 2.24) is 0 Å². The quantitative estimate of drug-likeness (QED) is 0.812. The summed E-state index contributed by atoms with van der Waals surface area (Å²) in [4.78, 5) is 11.6. The molecule has 0 unspecified atom stereocenters. The Morgan fingerprint density at radius 1 is 1.24 bits per heavy atom. The Hall–Kier alpha value is -1.77. The van der Waals surface area contributed by atoms with Crippen LogP contribution >= 0.6 is 0 Å².